The molecule has 4 N–H and O–H groups in total. The zero-order valence-corrected chi connectivity index (χ0v) is 24.4. The smallest absolute Gasteiger partial charge is 0.193 e. The zero-order valence-electron chi connectivity index (χ0n) is 24.4. The van der Waals surface area contributed by atoms with E-state index in [1.807, 2.05) is 0 Å². The third-order valence-corrected chi connectivity index (χ3v) is 11.2. The molecule has 10 heteroatoms. The Hall–Kier alpha value is -3.44. The average molecular weight is 608 g/mol. The number of fused-ring (bicyclic) bond motifs is 7. The van der Waals surface area contributed by atoms with Crippen molar-refractivity contribution in [2.45, 2.75) is 69.0 Å². The SMILES string of the molecule is CC12CC(O)[C@@]3(F)C(C[C@H](F)C4=CC(=O)C=CC43C)C1CC1O[C@@H](c3ccc(Oc4ccc(N)cc4)cc3)OC12C(=O)CO. The van der Waals surface area contributed by atoms with E-state index in [1.165, 1.54) is 19.1 Å². The van der Waals surface area contributed by atoms with Crippen LogP contribution in [0.3, 0.4) is 0 Å². The predicted molar refractivity (Wildman–Crippen MR) is 155 cm³/mol. The second-order valence-corrected chi connectivity index (χ2v) is 13.2. The lowest BCUT2D eigenvalue weighted by atomic mass is 9.44. The van der Waals surface area contributed by atoms with E-state index >= 15 is 8.78 Å². The largest absolute Gasteiger partial charge is 0.457 e. The number of rotatable bonds is 5. The van der Waals surface area contributed by atoms with Crippen molar-refractivity contribution in [3.05, 3.63) is 77.9 Å². The predicted octanol–water partition coefficient (Wildman–Crippen LogP) is 4.70. The van der Waals surface area contributed by atoms with Gasteiger partial charge in [0.1, 0.15) is 24.3 Å². The van der Waals surface area contributed by atoms with Crippen molar-refractivity contribution in [1.82, 2.24) is 0 Å². The van der Waals surface area contributed by atoms with Gasteiger partial charge in [0.2, 0.25) is 0 Å². The average Bonchev–Trinajstić information content (AvgIpc) is 3.50. The van der Waals surface area contributed by atoms with Crippen LogP contribution in [0.1, 0.15) is 45.0 Å². The number of allylic oxidation sites excluding steroid dienone is 4. The number of hydrogen-bond donors (Lipinski definition) is 3. The first kappa shape index (κ1) is 29.3. The van der Waals surface area contributed by atoms with Gasteiger partial charge in [0.05, 0.1) is 12.2 Å². The van der Waals surface area contributed by atoms with Crippen LogP contribution in [0.25, 0.3) is 0 Å². The summed E-state index contributed by atoms with van der Waals surface area (Å²) in [6.45, 7) is 2.44. The van der Waals surface area contributed by atoms with Crippen LogP contribution in [0.4, 0.5) is 14.5 Å². The number of nitrogens with two attached hydrogens (primary N) is 1. The van der Waals surface area contributed by atoms with Crippen LogP contribution < -0.4 is 10.5 Å². The molecule has 232 valence electrons. The Kier molecular flexibility index (Phi) is 6.51. The molecule has 4 fully saturated rings. The summed E-state index contributed by atoms with van der Waals surface area (Å²) in [6.07, 6.45) is -1.58. The quantitative estimate of drug-likeness (QED) is 0.418. The lowest BCUT2D eigenvalue weighted by Crippen LogP contribution is -2.70. The molecular formula is C34H35F2NO7. The minimum Gasteiger partial charge on any atom is -0.457 e. The van der Waals surface area contributed by atoms with E-state index in [2.05, 4.69) is 0 Å². The fraction of sp³-hybridized carbons (Fsp3) is 0.471. The third-order valence-electron chi connectivity index (χ3n) is 11.2. The van der Waals surface area contributed by atoms with Crippen molar-refractivity contribution in [1.29, 1.82) is 0 Å². The highest BCUT2D eigenvalue weighted by Crippen LogP contribution is 2.72. The Balaban J connectivity index is 1.21. The van der Waals surface area contributed by atoms with E-state index in [1.54, 1.807) is 55.5 Å². The van der Waals surface area contributed by atoms with Gasteiger partial charge in [-0.2, -0.15) is 0 Å². The third kappa shape index (κ3) is 3.74. The van der Waals surface area contributed by atoms with Crippen molar-refractivity contribution < 1.29 is 42.8 Å². The number of aliphatic hydroxyl groups excluding tert-OH is 2. The molecule has 4 aliphatic carbocycles. The lowest BCUT2D eigenvalue weighted by Gasteiger charge is -2.63. The molecular weight excluding hydrogens is 572 g/mol. The maximum absolute atomic E-state index is 17.5. The molecule has 0 spiro atoms. The van der Waals surface area contributed by atoms with E-state index in [0.717, 1.165) is 6.08 Å². The molecule has 0 amide bonds. The number of alkyl halides is 2. The summed E-state index contributed by atoms with van der Waals surface area (Å²) in [5, 5.41) is 21.8. The minimum atomic E-state index is -2.30. The van der Waals surface area contributed by atoms with E-state index in [4.69, 9.17) is 19.9 Å². The van der Waals surface area contributed by atoms with Gasteiger partial charge in [0.15, 0.2) is 29.1 Å². The number of Topliss-reactive ketones (excluding diaryl/α,β-unsaturated/α-hetero) is 1. The van der Waals surface area contributed by atoms with Crippen LogP contribution in [0, 0.1) is 22.7 Å². The van der Waals surface area contributed by atoms with Gasteiger partial charge in [0, 0.05) is 28.0 Å². The second kappa shape index (κ2) is 9.78. The molecule has 2 aromatic rings. The van der Waals surface area contributed by atoms with Crippen LogP contribution in [0.5, 0.6) is 11.5 Å². The molecule has 0 aromatic heterocycles. The first-order valence-electron chi connectivity index (χ1n) is 14.9. The van der Waals surface area contributed by atoms with Gasteiger partial charge in [-0.05, 0) is 86.2 Å². The summed E-state index contributed by atoms with van der Waals surface area (Å²) in [6, 6.07) is 13.9. The monoisotopic (exact) mass is 607 g/mol. The highest BCUT2D eigenvalue weighted by atomic mass is 19.1. The fourth-order valence-corrected chi connectivity index (χ4v) is 9.08. The first-order chi connectivity index (χ1) is 20.9. The molecule has 7 unspecified atom stereocenters. The Morgan fingerprint density at radius 1 is 1.07 bits per heavy atom. The standard InChI is InChI=1S/C34H35F2NO7/c1-31-12-11-20(39)13-25(31)26(35)14-24-23-15-29-34(28(41)17-38,32(23,2)16-27(40)33(24,31)36)44-30(43-29)18-3-7-21(8-4-18)42-22-9-5-19(37)6-10-22/h3-13,23-24,26-27,29-30,38,40H,14-17,37H2,1-2H3/t23?,24?,26-,27?,29?,30+,31?,32?,33-,34?/m0/s1. The molecule has 44 heavy (non-hydrogen) atoms. The molecule has 10 atom stereocenters. The van der Waals surface area contributed by atoms with Crippen molar-refractivity contribution in [3.8, 4) is 11.5 Å². The van der Waals surface area contributed by atoms with Crippen LogP contribution in [-0.2, 0) is 19.1 Å². The van der Waals surface area contributed by atoms with Gasteiger partial charge < -0.3 is 30.2 Å². The first-order valence-corrected chi connectivity index (χ1v) is 14.9. The molecule has 8 nitrogen and oxygen atoms in total. The number of aliphatic hydroxyl groups is 2. The van der Waals surface area contributed by atoms with Gasteiger partial charge in [-0.15, -0.1) is 0 Å². The maximum Gasteiger partial charge on any atom is 0.193 e. The molecule has 0 bridgehead atoms. The van der Waals surface area contributed by atoms with E-state index in [9.17, 15) is 19.8 Å². The second-order valence-electron chi connectivity index (χ2n) is 13.2. The number of carbonyl (C=O) groups excluding carboxylic acids is 2. The maximum atomic E-state index is 17.5. The Bertz CT molecular complexity index is 1580. The van der Waals surface area contributed by atoms with Crippen molar-refractivity contribution in [2.24, 2.45) is 22.7 Å². The van der Waals surface area contributed by atoms with Gasteiger partial charge in [0.25, 0.3) is 0 Å². The Labute approximate surface area is 253 Å². The molecule has 1 saturated heterocycles. The Morgan fingerprint density at radius 3 is 2.39 bits per heavy atom. The van der Waals surface area contributed by atoms with Crippen LogP contribution in [0.2, 0.25) is 0 Å². The highest BCUT2D eigenvalue weighted by Gasteiger charge is 2.80. The molecule has 1 heterocycles. The highest BCUT2D eigenvalue weighted by molar-refractivity contribution is 6.01. The van der Waals surface area contributed by atoms with Crippen LogP contribution >= 0.6 is 0 Å². The number of nitrogen functional groups attached to an aromatic ring is 1. The number of benzene rings is 2. The normalized spacial score (nSPS) is 42.1. The van der Waals surface area contributed by atoms with Gasteiger partial charge >= 0.3 is 0 Å². The summed E-state index contributed by atoms with van der Waals surface area (Å²) >= 11 is 0. The molecule has 7 rings (SSSR count). The number of anilines is 1. The number of ketones is 2. The van der Waals surface area contributed by atoms with Crippen molar-refractivity contribution in [3.63, 3.8) is 0 Å². The number of halogens is 2. The summed E-state index contributed by atoms with van der Waals surface area (Å²) in [7, 11) is 0. The van der Waals surface area contributed by atoms with Crippen molar-refractivity contribution in [2.75, 3.05) is 12.3 Å². The Morgan fingerprint density at radius 2 is 1.73 bits per heavy atom. The fourth-order valence-electron chi connectivity index (χ4n) is 9.08. The van der Waals surface area contributed by atoms with Crippen LogP contribution in [0.15, 0.2) is 72.3 Å². The number of hydrogen-bond acceptors (Lipinski definition) is 8. The molecule has 3 saturated carbocycles. The number of carbonyl (C=O) groups is 2. The lowest BCUT2D eigenvalue weighted by molar-refractivity contribution is -0.235. The van der Waals surface area contributed by atoms with Gasteiger partial charge in [-0.1, -0.05) is 25.1 Å². The zero-order chi connectivity index (χ0) is 31.2. The summed E-state index contributed by atoms with van der Waals surface area (Å²) < 4.78 is 52.1. The minimum absolute atomic E-state index is 0.0297. The molecule has 1 aliphatic heterocycles. The van der Waals surface area contributed by atoms with Crippen LogP contribution in [-0.4, -0.2) is 58.0 Å². The van der Waals surface area contributed by atoms with Gasteiger partial charge in [-0.3, -0.25) is 9.59 Å². The summed E-state index contributed by atoms with van der Waals surface area (Å²) in [4.78, 5) is 25.8. The van der Waals surface area contributed by atoms with E-state index in [0.29, 0.717) is 22.7 Å². The van der Waals surface area contributed by atoms with Crippen molar-refractivity contribution >= 4 is 17.3 Å². The van der Waals surface area contributed by atoms with Gasteiger partial charge in [-0.25, -0.2) is 8.78 Å². The molecule has 2 aromatic carbocycles. The topological polar surface area (TPSA) is 128 Å². The summed E-state index contributed by atoms with van der Waals surface area (Å²) in [5.41, 5.74) is 0.264. The molecule has 0 radical (unpaired) electrons. The van der Waals surface area contributed by atoms with E-state index in [-0.39, 0.29) is 24.8 Å². The number of ether oxygens (including phenoxy) is 3. The molecule has 5 aliphatic rings. The van der Waals surface area contributed by atoms with E-state index < -0.39 is 76.8 Å². The summed E-state index contributed by atoms with van der Waals surface area (Å²) in [5.74, 6) is -1.51.